The van der Waals surface area contributed by atoms with Crippen molar-refractivity contribution >= 4 is 27.3 Å². The molecule has 0 aliphatic heterocycles. The monoisotopic (exact) mass is 356 g/mol. The first-order valence-electron chi connectivity index (χ1n) is 6.04. The molecule has 1 unspecified atom stereocenters. The van der Waals surface area contributed by atoms with Gasteiger partial charge in [-0.15, -0.1) is 0 Å². The van der Waals surface area contributed by atoms with Crippen LogP contribution in [0.4, 0.5) is 20.2 Å². The largest absolute Gasteiger partial charge is 0.377 e. The van der Waals surface area contributed by atoms with Gasteiger partial charge >= 0.3 is 0 Å². The van der Waals surface area contributed by atoms with Gasteiger partial charge in [0.2, 0.25) is 0 Å². The van der Waals surface area contributed by atoms with Crippen molar-refractivity contribution in [1.82, 2.24) is 0 Å². The number of non-ortho nitro benzene ring substituents is 1. The van der Waals surface area contributed by atoms with Gasteiger partial charge in [0.05, 0.1) is 11.0 Å². The number of nitro groups is 1. The molecule has 0 aromatic heterocycles. The van der Waals surface area contributed by atoms with E-state index in [0.29, 0.717) is 10.2 Å². The minimum absolute atomic E-state index is 0.0583. The predicted octanol–water partition coefficient (Wildman–Crippen LogP) is 4.81. The van der Waals surface area contributed by atoms with Gasteiger partial charge in [0.25, 0.3) is 5.69 Å². The molecule has 0 spiro atoms. The molecular formula is C14H11BrF2N2O2. The van der Waals surface area contributed by atoms with E-state index in [-0.39, 0.29) is 11.3 Å². The maximum absolute atomic E-state index is 13.7. The van der Waals surface area contributed by atoms with Crippen LogP contribution in [0.25, 0.3) is 0 Å². The van der Waals surface area contributed by atoms with Gasteiger partial charge in [0.1, 0.15) is 11.6 Å². The van der Waals surface area contributed by atoms with Crippen LogP contribution in [0.5, 0.6) is 0 Å². The number of halogens is 3. The Morgan fingerprint density at radius 3 is 2.57 bits per heavy atom. The summed E-state index contributed by atoms with van der Waals surface area (Å²) in [5.41, 5.74) is 0.675. The Kier molecular flexibility index (Phi) is 4.52. The smallest absolute Gasteiger partial charge is 0.270 e. The van der Waals surface area contributed by atoms with E-state index < -0.39 is 22.6 Å². The van der Waals surface area contributed by atoms with Crippen molar-refractivity contribution in [3.8, 4) is 0 Å². The summed E-state index contributed by atoms with van der Waals surface area (Å²) in [6.45, 7) is 1.67. The van der Waals surface area contributed by atoms with Crippen molar-refractivity contribution in [1.29, 1.82) is 0 Å². The van der Waals surface area contributed by atoms with Crippen molar-refractivity contribution in [2.75, 3.05) is 5.32 Å². The lowest BCUT2D eigenvalue weighted by molar-refractivity contribution is -0.384. The quantitative estimate of drug-likeness (QED) is 0.631. The van der Waals surface area contributed by atoms with Crippen LogP contribution in [0, 0.1) is 21.7 Å². The molecule has 4 nitrogen and oxygen atoms in total. The minimum Gasteiger partial charge on any atom is -0.377 e. The fraction of sp³-hybridized carbons (Fsp3) is 0.143. The lowest BCUT2D eigenvalue weighted by Crippen LogP contribution is -2.09. The first-order valence-corrected chi connectivity index (χ1v) is 6.83. The molecule has 0 aliphatic carbocycles. The number of nitro benzene ring substituents is 1. The van der Waals surface area contributed by atoms with E-state index in [0.717, 1.165) is 18.2 Å². The molecule has 0 aliphatic rings. The van der Waals surface area contributed by atoms with Crippen LogP contribution in [-0.2, 0) is 0 Å². The Bertz CT molecular complexity index is 695. The van der Waals surface area contributed by atoms with Crippen LogP contribution >= 0.6 is 15.9 Å². The van der Waals surface area contributed by atoms with Crippen molar-refractivity contribution in [2.45, 2.75) is 13.0 Å². The van der Waals surface area contributed by atoms with Crippen LogP contribution in [0.15, 0.2) is 40.9 Å². The highest BCUT2D eigenvalue weighted by Crippen LogP contribution is 2.30. The minimum atomic E-state index is -0.525. The summed E-state index contributed by atoms with van der Waals surface area (Å²) >= 11 is 3.21. The molecule has 0 radical (unpaired) electrons. The Morgan fingerprint density at radius 2 is 1.95 bits per heavy atom. The Balaban J connectivity index is 2.25. The molecule has 0 heterocycles. The van der Waals surface area contributed by atoms with E-state index >= 15 is 0 Å². The summed E-state index contributed by atoms with van der Waals surface area (Å²) in [6, 6.07) is 6.92. The maximum atomic E-state index is 13.7. The van der Waals surface area contributed by atoms with Crippen LogP contribution < -0.4 is 5.32 Å². The van der Waals surface area contributed by atoms with E-state index in [1.54, 1.807) is 6.92 Å². The summed E-state index contributed by atoms with van der Waals surface area (Å²) in [7, 11) is 0. The molecule has 2 aromatic rings. The fourth-order valence-electron chi connectivity index (χ4n) is 1.89. The van der Waals surface area contributed by atoms with Gasteiger partial charge in [-0.2, -0.15) is 0 Å². The molecule has 0 fully saturated rings. The van der Waals surface area contributed by atoms with Crippen LogP contribution in [0.2, 0.25) is 0 Å². The number of anilines is 1. The predicted molar refractivity (Wildman–Crippen MR) is 79.2 cm³/mol. The van der Waals surface area contributed by atoms with E-state index in [1.807, 2.05) is 0 Å². The standard InChI is InChI=1S/C14H11BrF2N2O2/c1-8(11-6-9(16)2-4-13(11)17)18-14-5-3-10(19(20)21)7-12(14)15/h2-8,18H,1H3. The lowest BCUT2D eigenvalue weighted by atomic mass is 10.1. The Hall–Kier alpha value is -2.02. The van der Waals surface area contributed by atoms with Crippen molar-refractivity contribution in [3.63, 3.8) is 0 Å². The normalized spacial score (nSPS) is 12.0. The number of nitrogens with zero attached hydrogens (tertiary/aromatic N) is 1. The molecule has 0 amide bonds. The molecule has 1 N–H and O–H groups in total. The van der Waals surface area contributed by atoms with Gasteiger partial charge in [-0.3, -0.25) is 10.1 Å². The molecule has 2 aromatic carbocycles. The molecule has 0 saturated heterocycles. The second-order valence-electron chi connectivity index (χ2n) is 4.45. The fourth-order valence-corrected chi connectivity index (χ4v) is 2.37. The molecular weight excluding hydrogens is 346 g/mol. The van der Waals surface area contributed by atoms with E-state index in [1.165, 1.54) is 18.2 Å². The molecule has 1 atom stereocenters. The van der Waals surface area contributed by atoms with Crippen LogP contribution in [0.1, 0.15) is 18.5 Å². The molecule has 21 heavy (non-hydrogen) atoms. The van der Waals surface area contributed by atoms with Gasteiger partial charge in [-0.05, 0) is 47.1 Å². The van der Waals surface area contributed by atoms with Crippen molar-refractivity contribution in [2.24, 2.45) is 0 Å². The average Bonchev–Trinajstić information content (AvgIpc) is 2.43. The average molecular weight is 357 g/mol. The van der Waals surface area contributed by atoms with Crippen molar-refractivity contribution < 1.29 is 13.7 Å². The Labute approximate surface area is 128 Å². The van der Waals surface area contributed by atoms with E-state index in [9.17, 15) is 18.9 Å². The molecule has 2 rings (SSSR count). The topological polar surface area (TPSA) is 55.2 Å². The van der Waals surface area contributed by atoms with Gasteiger partial charge in [-0.1, -0.05) is 0 Å². The first-order chi connectivity index (χ1) is 9.88. The summed E-state index contributed by atoms with van der Waals surface area (Å²) in [4.78, 5) is 10.2. The SMILES string of the molecule is CC(Nc1ccc([N+](=O)[O-])cc1Br)c1cc(F)ccc1F. The van der Waals surface area contributed by atoms with Crippen LogP contribution in [-0.4, -0.2) is 4.92 Å². The summed E-state index contributed by atoms with van der Waals surface area (Å²) in [5, 5.41) is 13.6. The number of nitrogens with one attached hydrogen (secondary N) is 1. The molecule has 0 bridgehead atoms. The highest BCUT2D eigenvalue weighted by Gasteiger charge is 2.15. The Morgan fingerprint density at radius 1 is 1.24 bits per heavy atom. The van der Waals surface area contributed by atoms with Gasteiger partial charge in [0.15, 0.2) is 0 Å². The third-order valence-corrected chi connectivity index (χ3v) is 3.62. The van der Waals surface area contributed by atoms with E-state index in [4.69, 9.17) is 0 Å². The first kappa shape index (κ1) is 15.4. The molecule has 110 valence electrons. The van der Waals surface area contributed by atoms with Gasteiger partial charge in [0, 0.05) is 27.9 Å². The summed E-state index contributed by atoms with van der Waals surface area (Å²) in [6.07, 6.45) is 0. The highest BCUT2D eigenvalue weighted by molar-refractivity contribution is 9.10. The molecule has 7 heteroatoms. The zero-order valence-corrected chi connectivity index (χ0v) is 12.5. The second kappa shape index (κ2) is 6.17. The zero-order valence-electron chi connectivity index (χ0n) is 10.9. The maximum Gasteiger partial charge on any atom is 0.270 e. The third kappa shape index (κ3) is 3.55. The lowest BCUT2D eigenvalue weighted by Gasteiger charge is -2.17. The second-order valence-corrected chi connectivity index (χ2v) is 5.31. The summed E-state index contributed by atoms with van der Waals surface area (Å²) < 4.78 is 27.3. The van der Waals surface area contributed by atoms with Gasteiger partial charge < -0.3 is 5.32 Å². The van der Waals surface area contributed by atoms with Gasteiger partial charge in [-0.25, -0.2) is 8.78 Å². The van der Waals surface area contributed by atoms with E-state index in [2.05, 4.69) is 21.2 Å². The number of hydrogen-bond donors (Lipinski definition) is 1. The highest BCUT2D eigenvalue weighted by atomic mass is 79.9. The number of hydrogen-bond acceptors (Lipinski definition) is 3. The summed E-state index contributed by atoms with van der Waals surface area (Å²) in [5.74, 6) is -1.04. The zero-order chi connectivity index (χ0) is 15.6. The molecule has 0 saturated carbocycles. The third-order valence-electron chi connectivity index (χ3n) is 2.96. The number of benzene rings is 2. The van der Waals surface area contributed by atoms with Crippen LogP contribution in [0.3, 0.4) is 0 Å². The van der Waals surface area contributed by atoms with Crippen molar-refractivity contribution in [3.05, 3.63) is 68.2 Å². The number of rotatable bonds is 4.